The molecule has 0 spiro atoms. The standard InChI is InChI=1S/C10H9BrF3NO/c1-2-9(16)15-8-4-3-6(11)5-7(8)10(12,13)14/h3-5H,2H2,1H3,(H,15,16). The van der Waals surface area contributed by atoms with Gasteiger partial charge in [0.15, 0.2) is 0 Å². The highest BCUT2D eigenvalue weighted by Crippen LogP contribution is 2.36. The first kappa shape index (κ1) is 13.0. The van der Waals surface area contributed by atoms with Crippen LogP contribution in [-0.4, -0.2) is 5.91 Å². The molecule has 0 atom stereocenters. The van der Waals surface area contributed by atoms with Gasteiger partial charge in [-0.2, -0.15) is 13.2 Å². The number of carbonyl (C=O) groups is 1. The summed E-state index contributed by atoms with van der Waals surface area (Å²) in [6.45, 7) is 1.57. The summed E-state index contributed by atoms with van der Waals surface area (Å²) in [5.74, 6) is -0.451. The van der Waals surface area contributed by atoms with Gasteiger partial charge in [-0.3, -0.25) is 4.79 Å². The molecule has 0 aliphatic rings. The van der Waals surface area contributed by atoms with E-state index >= 15 is 0 Å². The second-order valence-electron chi connectivity index (χ2n) is 3.09. The summed E-state index contributed by atoms with van der Waals surface area (Å²) in [5, 5.41) is 2.21. The van der Waals surface area contributed by atoms with Crippen LogP contribution in [0.15, 0.2) is 22.7 Å². The highest BCUT2D eigenvalue weighted by Gasteiger charge is 2.34. The summed E-state index contributed by atoms with van der Waals surface area (Å²) in [7, 11) is 0. The van der Waals surface area contributed by atoms with Gasteiger partial charge in [-0.15, -0.1) is 0 Å². The molecule has 0 bridgehead atoms. The Morgan fingerprint density at radius 3 is 2.56 bits per heavy atom. The van der Waals surface area contributed by atoms with Crippen LogP contribution in [0.3, 0.4) is 0 Å². The van der Waals surface area contributed by atoms with Crippen LogP contribution in [0.1, 0.15) is 18.9 Å². The summed E-state index contributed by atoms with van der Waals surface area (Å²) in [4.78, 5) is 11.1. The van der Waals surface area contributed by atoms with Crippen LogP contribution in [0.2, 0.25) is 0 Å². The normalized spacial score (nSPS) is 11.3. The molecular weight excluding hydrogens is 287 g/mol. The zero-order chi connectivity index (χ0) is 12.3. The van der Waals surface area contributed by atoms with E-state index in [2.05, 4.69) is 21.2 Å². The minimum absolute atomic E-state index is 0.132. The van der Waals surface area contributed by atoms with Crippen LogP contribution in [0.25, 0.3) is 0 Å². The predicted molar refractivity (Wildman–Crippen MR) is 58.1 cm³/mol. The number of benzene rings is 1. The molecular formula is C10H9BrF3NO. The highest BCUT2D eigenvalue weighted by molar-refractivity contribution is 9.10. The lowest BCUT2D eigenvalue weighted by Crippen LogP contribution is -2.15. The second-order valence-corrected chi connectivity index (χ2v) is 4.01. The minimum atomic E-state index is -4.49. The summed E-state index contributed by atoms with van der Waals surface area (Å²) in [6.07, 6.45) is -4.35. The van der Waals surface area contributed by atoms with Crippen molar-refractivity contribution in [1.82, 2.24) is 0 Å². The lowest BCUT2D eigenvalue weighted by atomic mass is 10.1. The number of alkyl halides is 3. The Hall–Kier alpha value is -1.04. The molecule has 88 valence electrons. The number of anilines is 1. The molecule has 0 saturated carbocycles. The molecule has 1 aromatic rings. The molecule has 2 nitrogen and oxygen atoms in total. The third-order valence-electron chi connectivity index (χ3n) is 1.88. The van der Waals surface area contributed by atoms with E-state index in [4.69, 9.17) is 0 Å². The molecule has 0 aliphatic carbocycles. The van der Waals surface area contributed by atoms with Crippen molar-refractivity contribution in [3.05, 3.63) is 28.2 Å². The van der Waals surface area contributed by atoms with Crippen LogP contribution in [0, 0.1) is 0 Å². The average Bonchev–Trinajstić information content (AvgIpc) is 2.19. The monoisotopic (exact) mass is 295 g/mol. The summed E-state index contributed by atoms with van der Waals surface area (Å²) in [6, 6.07) is 3.60. The molecule has 1 N–H and O–H groups in total. The number of halogens is 4. The summed E-state index contributed by atoms with van der Waals surface area (Å²) >= 11 is 2.96. The van der Waals surface area contributed by atoms with Crippen molar-refractivity contribution in [1.29, 1.82) is 0 Å². The molecule has 0 saturated heterocycles. The number of hydrogen-bond donors (Lipinski definition) is 1. The van der Waals surface area contributed by atoms with Gasteiger partial charge in [0.1, 0.15) is 0 Å². The first-order chi connectivity index (χ1) is 7.34. The number of hydrogen-bond acceptors (Lipinski definition) is 1. The van der Waals surface area contributed by atoms with Gasteiger partial charge in [0.05, 0.1) is 11.3 Å². The van der Waals surface area contributed by atoms with E-state index in [1.54, 1.807) is 6.92 Å². The Kier molecular flexibility index (Phi) is 3.96. The zero-order valence-corrected chi connectivity index (χ0v) is 9.95. The van der Waals surface area contributed by atoms with Crippen molar-refractivity contribution >= 4 is 27.5 Å². The number of amides is 1. The minimum Gasteiger partial charge on any atom is -0.326 e. The van der Waals surface area contributed by atoms with Gasteiger partial charge in [0.25, 0.3) is 0 Å². The molecule has 1 amide bonds. The number of rotatable bonds is 2. The fourth-order valence-electron chi connectivity index (χ4n) is 1.10. The Bertz CT molecular complexity index is 404. The first-order valence-corrected chi connectivity index (χ1v) is 5.30. The van der Waals surface area contributed by atoms with Gasteiger partial charge in [0, 0.05) is 10.9 Å². The smallest absolute Gasteiger partial charge is 0.326 e. The maximum Gasteiger partial charge on any atom is 0.418 e. The fourth-order valence-corrected chi connectivity index (χ4v) is 1.46. The molecule has 0 aliphatic heterocycles. The van der Waals surface area contributed by atoms with Crippen molar-refractivity contribution in [2.45, 2.75) is 19.5 Å². The van der Waals surface area contributed by atoms with Gasteiger partial charge in [0.2, 0.25) is 5.91 Å². The van der Waals surface area contributed by atoms with E-state index in [-0.39, 0.29) is 12.1 Å². The molecule has 0 aromatic heterocycles. The molecule has 0 heterocycles. The highest BCUT2D eigenvalue weighted by atomic mass is 79.9. The predicted octanol–water partition coefficient (Wildman–Crippen LogP) is 3.82. The molecule has 1 rings (SSSR count). The molecule has 0 unspecified atom stereocenters. The maximum atomic E-state index is 12.6. The Balaban J connectivity index is 3.13. The maximum absolute atomic E-state index is 12.6. The molecule has 0 radical (unpaired) electrons. The van der Waals surface area contributed by atoms with E-state index in [0.29, 0.717) is 4.47 Å². The summed E-state index contributed by atoms with van der Waals surface area (Å²) in [5.41, 5.74) is -1.08. The van der Waals surface area contributed by atoms with Gasteiger partial charge in [-0.05, 0) is 18.2 Å². The third kappa shape index (κ3) is 3.23. The van der Waals surface area contributed by atoms with Gasteiger partial charge in [-0.1, -0.05) is 22.9 Å². The summed E-state index contributed by atoms with van der Waals surface area (Å²) < 4.78 is 38.1. The first-order valence-electron chi connectivity index (χ1n) is 4.51. The third-order valence-corrected chi connectivity index (χ3v) is 2.38. The second kappa shape index (κ2) is 4.86. The fraction of sp³-hybridized carbons (Fsp3) is 0.300. The van der Waals surface area contributed by atoms with Crippen LogP contribution in [0.5, 0.6) is 0 Å². The quantitative estimate of drug-likeness (QED) is 0.883. The van der Waals surface area contributed by atoms with E-state index in [1.807, 2.05) is 0 Å². The van der Waals surface area contributed by atoms with Crippen molar-refractivity contribution in [3.63, 3.8) is 0 Å². The molecule has 1 aromatic carbocycles. The number of nitrogens with one attached hydrogen (secondary N) is 1. The van der Waals surface area contributed by atoms with Gasteiger partial charge in [-0.25, -0.2) is 0 Å². The van der Waals surface area contributed by atoms with E-state index in [1.165, 1.54) is 12.1 Å². The van der Waals surface area contributed by atoms with Gasteiger partial charge < -0.3 is 5.32 Å². The Morgan fingerprint density at radius 1 is 1.44 bits per heavy atom. The van der Waals surface area contributed by atoms with Crippen molar-refractivity contribution in [2.75, 3.05) is 5.32 Å². The lowest BCUT2D eigenvalue weighted by Gasteiger charge is -2.13. The van der Waals surface area contributed by atoms with Crippen molar-refractivity contribution < 1.29 is 18.0 Å². The largest absolute Gasteiger partial charge is 0.418 e. The van der Waals surface area contributed by atoms with Crippen LogP contribution in [0.4, 0.5) is 18.9 Å². The average molecular weight is 296 g/mol. The molecule has 16 heavy (non-hydrogen) atoms. The topological polar surface area (TPSA) is 29.1 Å². The Morgan fingerprint density at radius 2 is 2.06 bits per heavy atom. The van der Waals surface area contributed by atoms with E-state index < -0.39 is 17.6 Å². The molecule has 6 heteroatoms. The van der Waals surface area contributed by atoms with Gasteiger partial charge >= 0.3 is 6.18 Å². The SMILES string of the molecule is CCC(=O)Nc1ccc(Br)cc1C(F)(F)F. The van der Waals surface area contributed by atoms with Crippen molar-refractivity contribution in [3.8, 4) is 0 Å². The van der Waals surface area contributed by atoms with E-state index in [0.717, 1.165) is 6.07 Å². The lowest BCUT2D eigenvalue weighted by molar-refractivity contribution is -0.137. The van der Waals surface area contributed by atoms with E-state index in [9.17, 15) is 18.0 Å². The van der Waals surface area contributed by atoms with Crippen LogP contribution < -0.4 is 5.32 Å². The van der Waals surface area contributed by atoms with Crippen molar-refractivity contribution in [2.24, 2.45) is 0 Å². The van der Waals surface area contributed by atoms with Crippen LogP contribution >= 0.6 is 15.9 Å². The van der Waals surface area contributed by atoms with Crippen LogP contribution in [-0.2, 0) is 11.0 Å². The Labute approximate surface area is 99.0 Å². The zero-order valence-electron chi connectivity index (χ0n) is 8.36. The number of carbonyl (C=O) groups excluding carboxylic acids is 1. The molecule has 0 fully saturated rings.